The Morgan fingerprint density at radius 2 is 2.20 bits per heavy atom. The van der Waals surface area contributed by atoms with E-state index >= 15 is 0 Å². The van der Waals surface area contributed by atoms with Gasteiger partial charge in [-0.25, -0.2) is 4.98 Å². The fourth-order valence-electron chi connectivity index (χ4n) is 1.84. The maximum Gasteiger partial charge on any atom is 0.251 e. The summed E-state index contributed by atoms with van der Waals surface area (Å²) >= 11 is 1.69. The number of nitrogens with zero attached hydrogens (tertiary/aromatic N) is 1. The third-order valence-electron chi connectivity index (χ3n) is 2.62. The van der Waals surface area contributed by atoms with Gasteiger partial charge in [0.25, 0.3) is 5.91 Å². The Hall–Kier alpha value is -1.03. The maximum atomic E-state index is 11.2. The van der Waals surface area contributed by atoms with Crippen LogP contribution in [0.5, 0.6) is 0 Å². The average Bonchev–Trinajstić information content (AvgIpc) is 2.71. The van der Waals surface area contributed by atoms with E-state index in [0.717, 1.165) is 5.03 Å². The highest BCUT2D eigenvalue weighted by Gasteiger charge is 2.19. The van der Waals surface area contributed by atoms with E-state index in [1.54, 1.807) is 30.1 Å². The molecule has 1 saturated carbocycles. The molecule has 0 spiro atoms. The van der Waals surface area contributed by atoms with Crippen LogP contribution in [0.4, 0.5) is 0 Å². The van der Waals surface area contributed by atoms with Gasteiger partial charge in [0.05, 0.1) is 5.56 Å². The molecule has 3 nitrogen and oxygen atoms in total. The summed E-state index contributed by atoms with van der Waals surface area (Å²) in [6.07, 6.45) is 6.73. The molecule has 0 unspecified atom stereocenters. The molecule has 2 N–H and O–H groups in total. The number of nitrogens with two attached hydrogens (primary N) is 1. The number of carbonyl (C=O) groups is 1. The highest BCUT2D eigenvalue weighted by Crippen LogP contribution is 2.34. The largest absolute Gasteiger partial charge is 0.366 e. The summed E-state index contributed by atoms with van der Waals surface area (Å²) < 4.78 is 0. The van der Waals surface area contributed by atoms with E-state index in [0.29, 0.717) is 10.8 Å². The van der Waals surface area contributed by atoms with Crippen LogP contribution in [-0.4, -0.2) is 16.1 Å². The van der Waals surface area contributed by atoms with Crippen molar-refractivity contribution in [2.75, 3.05) is 0 Å². The second-order valence-electron chi connectivity index (χ2n) is 3.74. The molecule has 0 aliphatic heterocycles. The van der Waals surface area contributed by atoms with E-state index in [1.807, 2.05) is 0 Å². The molecule has 0 atom stereocenters. The first-order valence-corrected chi connectivity index (χ1v) is 6.07. The van der Waals surface area contributed by atoms with Gasteiger partial charge in [-0.3, -0.25) is 4.79 Å². The van der Waals surface area contributed by atoms with E-state index in [-0.39, 0.29) is 5.91 Å². The molecule has 80 valence electrons. The minimum Gasteiger partial charge on any atom is -0.366 e. The zero-order chi connectivity index (χ0) is 10.7. The number of hydrogen-bond acceptors (Lipinski definition) is 3. The summed E-state index contributed by atoms with van der Waals surface area (Å²) in [7, 11) is 0. The molecule has 1 aliphatic rings. The van der Waals surface area contributed by atoms with Crippen molar-refractivity contribution in [1.82, 2.24) is 4.98 Å². The molecule has 1 aromatic heterocycles. The molecule has 1 amide bonds. The van der Waals surface area contributed by atoms with Gasteiger partial charge >= 0.3 is 0 Å². The van der Waals surface area contributed by atoms with Crippen LogP contribution < -0.4 is 5.73 Å². The molecular weight excluding hydrogens is 208 g/mol. The summed E-state index contributed by atoms with van der Waals surface area (Å²) in [5.74, 6) is -0.386. The molecule has 1 fully saturated rings. The van der Waals surface area contributed by atoms with Crippen LogP contribution in [0.25, 0.3) is 0 Å². The molecule has 0 aromatic carbocycles. The van der Waals surface area contributed by atoms with Crippen molar-refractivity contribution in [3.8, 4) is 0 Å². The number of thioether (sulfide) groups is 1. The van der Waals surface area contributed by atoms with Crippen molar-refractivity contribution in [2.45, 2.75) is 36.0 Å². The van der Waals surface area contributed by atoms with E-state index in [4.69, 9.17) is 5.73 Å². The standard InChI is InChI=1S/C11H14N2OS/c12-10(14)9-6-3-7-13-11(9)15-8-4-1-2-5-8/h3,6-8H,1-2,4-5H2,(H2,12,14). The summed E-state index contributed by atoms with van der Waals surface area (Å²) in [5.41, 5.74) is 5.85. The first-order chi connectivity index (χ1) is 7.27. The van der Waals surface area contributed by atoms with Gasteiger partial charge in [-0.2, -0.15) is 0 Å². The van der Waals surface area contributed by atoms with E-state index < -0.39 is 0 Å². The van der Waals surface area contributed by atoms with Crippen molar-refractivity contribution >= 4 is 17.7 Å². The normalized spacial score (nSPS) is 16.8. The van der Waals surface area contributed by atoms with Gasteiger partial charge < -0.3 is 5.73 Å². The molecule has 0 bridgehead atoms. The Morgan fingerprint density at radius 1 is 1.47 bits per heavy atom. The maximum absolute atomic E-state index is 11.2. The SMILES string of the molecule is NC(=O)c1cccnc1SC1CCCC1. The van der Waals surface area contributed by atoms with Crippen LogP contribution in [0.3, 0.4) is 0 Å². The Morgan fingerprint density at radius 3 is 2.87 bits per heavy atom. The van der Waals surface area contributed by atoms with Crippen molar-refractivity contribution in [1.29, 1.82) is 0 Å². The predicted octanol–water partition coefficient (Wildman–Crippen LogP) is 2.22. The van der Waals surface area contributed by atoms with Crippen molar-refractivity contribution in [2.24, 2.45) is 5.73 Å². The molecule has 1 aliphatic carbocycles. The first kappa shape index (κ1) is 10.5. The number of hydrogen-bond donors (Lipinski definition) is 1. The molecule has 15 heavy (non-hydrogen) atoms. The molecule has 0 radical (unpaired) electrons. The number of amides is 1. The van der Waals surface area contributed by atoms with Gasteiger partial charge in [-0.15, -0.1) is 11.8 Å². The van der Waals surface area contributed by atoms with Gasteiger partial charge in [0.1, 0.15) is 5.03 Å². The monoisotopic (exact) mass is 222 g/mol. The highest BCUT2D eigenvalue weighted by atomic mass is 32.2. The molecule has 4 heteroatoms. The van der Waals surface area contributed by atoms with Gasteiger partial charge in [0.15, 0.2) is 0 Å². The molecule has 1 heterocycles. The lowest BCUT2D eigenvalue weighted by Crippen LogP contribution is -2.13. The van der Waals surface area contributed by atoms with Crippen LogP contribution in [-0.2, 0) is 0 Å². The zero-order valence-corrected chi connectivity index (χ0v) is 9.30. The number of carbonyl (C=O) groups excluding carboxylic acids is 1. The van der Waals surface area contributed by atoms with Crippen molar-refractivity contribution in [3.05, 3.63) is 23.9 Å². The molecule has 2 rings (SSSR count). The van der Waals surface area contributed by atoms with Crippen molar-refractivity contribution in [3.63, 3.8) is 0 Å². The average molecular weight is 222 g/mol. The van der Waals surface area contributed by atoms with Crippen LogP contribution in [0.15, 0.2) is 23.4 Å². The second-order valence-corrected chi connectivity index (χ2v) is 5.03. The lowest BCUT2D eigenvalue weighted by atomic mass is 10.3. The summed E-state index contributed by atoms with van der Waals surface area (Å²) in [5, 5.41) is 1.40. The summed E-state index contributed by atoms with van der Waals surface area (Å²) in [4.78, 5) is 15.4. The Labute approximate surface area is 93.5 Å². The summed E-state index contributed by atoms with van der Waals surface area (Å²) in [6, 6.07) is 3.49. The number of rotatable bonds is 3. The predicted molar refractivity (Wildman–Crippen MR) is 60.9 cm³/mol. The Balaban J connectivity index is 2.15. The minimum atomic E-state index is -0.386. The van der Waals surface area contributed by atoms with Gasteiger partial charge in [0.2, 0.25) is 0 Å². The summed E-state index contributed by atoms with van der Waals surface area (Å²) in [6.45, 7) is 0. The highest BCUT2D eigenvalue weighted by molar-refractivity contribution is 7.99. The Kier molecular flexibility index (Phi) is 3.26. The Bertz CT molecular complexity index is 361. The van der Waals surface area contributed by atoms with Crippen molar-refractivity contribution < 1.29 is 4.79 Å². The number of primary amides is 1. The van der Waals surface area contributed by atoms with Gasteiger partial charge in [-0.05, 0) is 25.0 Å². The molecular formula is C11H14N2OS. The molecule has 1 aromatic rings. The third-order valence-corrected chi connectivity index (χ3v) is 3.97. The quantitative estimate of drug-likeness (QED) is 0.853. The van der Waals surface area contributed by atoms with Crippen LogP contribution in [0.1, 0.15) is 36.0 Å². The van der Waals surface area contributed by atoms with Crippen LogP contribution in [0, 0.1) is 0 Å². The fourth-order valence-corrected chi connectivity index (χ4v) is 3.14. The zero-order valence-electron chi connectivity index (χ0n) is 8.48. The lowest BCUT2D eigenvalue weighted by Gasteiger charge is -2.09. The number of pyridine rings is 1. The van der Waals surface area contributed by atoms with Gasteiger partial charge in [-0.1, -0.05) is 12.8 Å². The van der Waals surface area contributed by atoms with Crippen LogP contribution in [0.2, 0.25) is 0 Å². The van der Waals surface area contributed by atoms with Crippen LogP contribution >= 0.6 is 11.8 Å². The first-order valence-electron chi connectivity index (χ1n) is 5.19. The smallest absolute Gasteiger partial charge is 0.251 e. The topological polar surface area (TPSA) is 56.0 Å². The molecule has 0 saturated heterocycles. The van der Waals surface area contributed by atoms with E-state index in [9.17, 15) is 4.79 Å². The minimum absolute atomic E-state index is 0.386. The number of aromatic nitrogens is 1. The lowest BCUT2D eigenvalue weighted by molar-refractivity contribution is 0.0997. The third kappa shape index (κ3) is 2.50. The van der Waals surface area contributed by atoms with E-state index in [2.05, 4.69) is 4.98 Å². The van der Waals surface area contributed by atoms with E-state index in [1.165, 1.54) is 25.7 Å². The second kappa shape index (κ2) is 4.66. The fraction of sp³-hybridized carbons (Fsp3) is 0.455. The van der Waals surface area contributed by atoms with Gasteiger partial charge in [0, 0.05) is 11.4 Å².